The van der Waals surface area contributed by atoms with E-state index in [9.17, 15) is 4.39 Å². The Morgan fingerprint density at radius 2 is 1.94 bits per heavy atom. The van der Waals surface area contributed by atoms with Gasteiger partial charge < -0.3 is 4.98 Å². The molecule has 18 heavy (non-hydrogen) atoms. The van der Waals surface area contributed by atoms with Crippen molar-refractivity contribution in [2.24, 2.45) is 0 Å². The molecule has 1 N–H and O–H groups in total. The van der Waals surface area contributed by atoms with Crippen LogP contribution in [0.4, 0.5) is 4.39 Å². The molecule has 0 aliphatic rings. The SMILES string of the molecule is CCCCCCc1[nH]c2c(Cl)cc(Cl)cc2c1F. The highest BCUT2D eigenvalue weighted by molar-refractivity contribution is 6.38. The van der Waals surface area contributed by atoms with Crippen molar-refractivity contribution < 1.29 is 4.39 Å². The second-order valence-corrected chi connectivity index (χ2v) is 5.38. The standard InChI is InChI=1S/C14H16Cl2FN/c1-2-3-4-5-6-12-13(17)10-7-9(15)8-11(16)14(10)18-12/h7-8,18H,2-6H2,1H3. The van der Waals surface area contributed by atoms with Crippen molar-refractivity contribution in [2.75, 3.05) is 0 Å². The Bertz CT molecular complexity index is 548. The molecule has 1 heterocycles. The zero-order chi connectivity index (χ0) is 13.1. The Labute approximate surface area is 116 Å². The summed E-state index contributed by atoms with van der Waals surface area (Å²) in [6.45, 7) is 2.16. The molecule has 0 aliphatic heterocycles. The van der Waals surface area contributed by atoms with Crippen LogP contribution in [0.25, 0.3) is 10.9 Å². The summed E-state index contributed by atoms with van der Waals surface area (Å²) in [7, 11) is 0. The second kappa shape index (κ2) is 5.94. The van der Waals surface area contributed by atoms with Crippen molar-refractivity contribution in [3.05, 3.63) is 33.7 Å². The summed E-state index contributed by atoms with van der Waals surface area (Å²) >= 11 is 11.9. The maximum absolute atomic E-state index is 14.1. The average Bonchev–Trinajstić information content (AvgIpc) is 2.63. The fourth-order valence-electron chi connectivity index (χ4n) is 2.14. The summed E-state index contributed by atoms with van der Waals surface area (Å²) in [4.78, 5) is 3.07. The highest BCUT2D eigenvalue weighted by Gasteiger charge is 2.13. The van der Waals surface area contributed by atoms with Crippen LogP contribution in [0.3, 0.4) is 0 Å². The molecular formula is C14H16Cl2FN. The molecule has 0 spiro atoms. The molecule has 2 rings (SSSR count). The first kappa shape index (κ1) is 13.7. The number of aromatic amines is 1. The number of aromatic nitrogens is 1. The van der Waals surface area contributed by atoms with Gasteiger partial charge in [-0.25, -0.2) is 4.39 Å². The van der Waals surface area contributed by atoms with E-state index in [2.05, 4.69) is 11.9 Å². The van der Waals surface area contributed by atoms with Gasteiger partial charge in [0.05, 0.1) is 16.2 Å². The molecule has 98 valence electrons. The third kappa shape index (κ3) is 2.81. The molecule has 0 atom stereocenters. The van der Waals surface area contributed by atoms with Gasteiger partial charge in [0.1, 0.15) is 0 Å². The van der Waals surface area contributed by atoms with Crippen molar-refractivity contribution in [1.82, 2.24) is 4.98 Å². The van der Waals surface area contributed by atoms with Crippen molar-refractivity contribution in [3.63, 3.8) is 0 Å². The second-order valence-electron chi connectivity index (χ2n) is 4.54. The quantitative estimate of drug-likeness (QED) is 0.675. The van der Waals surface area contributed by atoms with E-state index >= 15 is 0 Å². The Hall–Kier alpha value is -0.730. The molecule has 0 amide bonds. The van der Waals surface area contributed by atoms with Gasteiger partial charge in [-0.2, -0.15) is 0 Å². The lowest BCUT2D eigenvalue weighted by atomic mass is 10.1. The number of fused-ring (bicyclic) bond motifs is 1. The number of unbranched alkanes of at least 4 members (excludes halogenated alkanes) is 3. The smallest absolute Gasteiger partial charge is 0.151 e. The highest BCUT2D eigenvalue weighted by atomic mass is 35.5. The summed E-state index contributed by atoms with van der Waals surface area (Å²) in [6, 6.07) is 3.24. The number of benzene rings is 1. The van der Waals surface area contributed by atoms with E-state index in [1.807, 2.05) is 0 Å². The predicted molar refractivity (Wildman–Crippen MR) is 76.1 cm³/mol. The largest absolute Gasteiger partial charge is 0.355 e. The van der Waals surface area contributed by atoms with Crippen LogP contribution in [0.15, 0.2) is 12.1 Å². The maximum Gasteiger partial charge on any atom is 0.151 e. The first-order chi connectivity index (χ1) is 8.63. The first-order valence-corrected chi connectivity index (χ1v) is 7.04. The van der Waals surface area contributed by atoms with Crippen LogP contribution in [0.2, 0.25) is 10.0 Å². The van der Waals surface area contributed by atoms with Crippen LogP contribution in [0.5, 0.6) is 0 Å². The number of nitrogens with one attached hydrogen (secondary N) is 1. The molecule has 0 aliphatic carbocycles. The van der Waals surface area contributed by atoms with Crippen molar-refractivity contribution in [2.45, 2.75) is 39.0 Å². The molecule has 0 fully saturated rings. The zero-order valence-corrected chi connectivity index (χ0v) is 11.8. The number of rotatable bonds is 5. The third-order valence-electron chi connectivity index (χ3n) is 3.11. The molecule has 0 saturated heterocycles. The van der Waals surface area contributed by atoms with E-state index in [0.29, 0.717) is 33.1 Å². The minimum atomic E-state index is -0.217. The molecular weight excluding hydrogens is 272 g/mol. The highest BCUT2D eigenvalue weighted by Crippen LogP contribution is 2.31. The Kier molecular flexibility index (Phi) is 4.52. The van der Waals surface area contributed by atoms with Gasteiger partial charge >= 0.3 is 0 Å². The summed E-state index contributed by atoms with van der Waals surface area (Å²) in [6.07, 6.45) is 5.20. The average molecular weight is 288 g/mol. The molecule has 4 heteroatoms. The van der Waals surface area contributed by atoms with Crippen LogP contribution in [0.1, 0.15) is 38.3 Å². The van der Waals surface area contributed by atoms with E-state index in [1.165, 1.54) is 12.8 Å². The van der Waals surface area contributed by atoms with Crippen molar-refractivity contribution in [1.29, 1.82) is 0 Å². The monoisotopic (exact) mass is 287 g/mol. The number of aryl methyl sites for hydroxylation is 1. The van der Waals surface area contributed by atoms with Gasteiger partial charge in [-0.3, -0.25) is 0 Å². The van der Waals surface area contributed by atoms with E-state index in [4.69, 9.17) is 23.2 Å². The van der Waals surface area contributed by atoms with E-state index in [-0.39, 0.29) is 5.82 Å². The van der Waals surface area contributed by atoms with Gasteiger partial charge in [0.2, 0.25) is 0 Å². The number of hydrogen-bond donors (Lipinski definition) is 1. The van der Waals surface area contributed by atoms with Gasteiger partial charge in [-0.15, -0.1) is 0 Å². The van der Waals surface area contributed by atoms with E-state index in [1.54, 1.807) is 12.1 Å². The topological polar surface area (TPSA) is 15.8 Å². The molecule has 0 unspecified atom stereocenters. The fraction of sp³-hybridized carbons (Fsp3) is 0.429. The van der Waals surface area contributed by atoms with Gasteiger partial charge in [-0.05, 0) is 25.0 Å². The van der Waals surface area contributed by atoms with Gasteiger partial charge in [-0.1, -0.05) is 49.4 Å². The third-order valence-corrected chi connectivity index (χ3v) is 3.63. The minimum Gasteiger partial charge on any atom is -0.355 e. The van der Waals surface area contributed by atoms with Crippen LogP contribution in [-0.4, -0.2) is 4.98 Å². The lowest BCUT2D eigenvalue weighted by Gasteiger charge is -1.98. The van der Waals surface area contributed by atoms with Crippen LogP contribution >= 0.6 is 23.2 Å². The summed E-state index contributed by atoms with van der Waals surface area (Å²) < 4.78 is 14.1. The predicted octanol–water partition coefficient (Wildman–Crippen LogP) is 5.74. The van der Waals surface area contributed by atoms with Crippen molar-refractivity contribution in [3.8, 4) is 0 Å². The molecule has 2 aromatic rings. The molecule has 0 radical (unpaired) electrons. The van der Waals surface area contributed by atoms with Gasteiger partial charge in [0.15, 0.2) is 5.82 Å². The van der Waals surface area contributed by atoms with Gasteiger partial charge in [0.25, 0.3) is 0 Å². The van der Waals surface area contributed by atoms with E-state index < -0.39 is 0 Å². The summed E-state index contributed by atoms with van der Waals surface area (Å²) in [5, 5.41) is 1.41. The lowest BCUT2D eigenvalue weighted by molar-refractivity contribution is 0.598. The Morgan fingerprint density at radius 3 is 2.67 bits per heavy atom. The Morgan fingerprint density at radius 1 is 1.17 bits per heavy atom. The summed E-state index contributed by atoms with van der Waals surface area (Å²) in [5.41, 5.74) is 1.27. The van der Waals surface area contributed by atoms with Crippen LogP contribution < -0.4 is 0 Å². The van der Waals surface area contributed by atoms with Gasteiger partial charge in [0, 0.05) is 10.4 Å². The maximum atomic E-state index is 14.1. The lowest BCUT2D eigenvalue weighted by Crippen LogP contribution is -1.89. The first-order valence-electron chi connectivity index (χ1n) is 6.28. The molecule has 1 aromatic carbocycles. The number of hydrogen-bond acceptors (Lipinski definition) is 0. The Balaban J connectivity index is 2.24. The minimum absolute atomic E-state index is 0.217. The molecule has 0 saturated carbocycles. The zero-order valence-electron chi connectivity index (χ0n) is 10.3. The number of halogens is 3. The number of H-pyrrole nitrogens is 1. The molecule has 0 bridgehead atoms. The summed E-state index contributed by atoms with van der Waals surface area (Å²) in [5.74, 6) is -0.217. The van der Waals surface area contributed by atoms with Crippen molar-refractivity contribution >= 4 is 34.1 Å². The van der Waals surface area contributed by atoms with Crippen LogP contribution in [-0.2, 0) is 6.42 Å². The normalized spacial score (nSPS) is 11.3. The van der Waals surface area contributed by atoms with Crippen LogP contribution in [0, 0.1) is 5.82 Å². The molecule has 1 aromatic heterocycles. The van der Waals surface area contributed by atoms with E-state index in [0.717, 1.165) is 12.8 Å². The fourth-order valence-corrected chi connectivity index (χ4v) is 2.68. The molecule has 1 nitrogen and oxygen atoms in total.